The maximum atomic E-state index is 6.00. The van der Waals surface area contributed by atoms with E-state index in [9.17, 15) is 0 Å². The van der Waals surface area contributed by atoms with Crippen molar-refractivity contribution in [1.82, 2.24) is 20.3 Å². The molecule has 1 aliphatic heterocycles. The predicted octanol–water partition coefficient (Wildman–Crippen LogP) is 1.03. The molecule has 1 atom stereocenters. The zero-order chi connectivity index (χ0) is 11.6. The maximum Gasteiger partial charge on any atom is 0.103 e. The SMILES string of the molecule is CCC1(CC)OCCNC1c1cnn(C)n1. The van der Waals surface area contributed by atoms with Gasteiger partial charge in [-0.15, -0.1) is 0 Å². The molecule has 16 heavy (non-hydrogen) atoms. The molecule has 1 fully saturated rings. The van der Waals surface area contributed by atoms with Crippen LogP contribution in [0.3, 0.4) is 0 Å². The summed E-state index contributed by atoms with van der Waals surface area (Å²) in [4.78, 5) is 1.60. The van der Waals surface area contributed by atoms with Gasteiger partial charge in [0.1, 0.15) is 5.69 Å². The molecule has 1 unspecified atom stereocenters. The highest BCUT2D eigenvalue weighted by Gasteiger charge is 2.41. The highest BCUT2D eigenvalue weighted by Crippen LogP contribution is 2.36. The first-order valence-electron chi connectivity index (χ1n) is 5.95. The van der Waals surface area contributed by atoms with Gasteiger partial charge < -0.3 is 10.1 Å². The highest BCUT2D eigenvalue weighted by molar-refractivity contribution is 5.10. The molecule has 0 aromatic carbocycles. The number of aromatic nitrogens is 3. The van der Waals surface area contributed by atoms with Crippen LogP contribution in [0.4, 0.5) is 0 Å². The van der Waals surface area contributed by atoms with E-state index in [2.05, 4.69) is 29.4 Å². The summed E-state index contributed by atoms with van der Waals surface area (Å²) in [5.41, 5.74) is 0.847. The van der Waals surface area contributed by atoms with Crippen molar-refractivity contribution in [2.75, 3.05) is 13.2 Å². The molecule has 0 saturated carbocycles. The molecule has 0 amide bonds. The Labute approximate surface area is 96.2 Å². The summed E-state index contributed by atoms with van der Waals surface area (Å²) in [6.07, 6.45) is 3.79. The molecule has 1 aliphatic rings. The van der Waals surface area contributed by atoms with Crippen LogP contribution in [-0.4, -0.2) is 33.7 Å². The summed E-state index contributed by atoms with van der Waals surface area (Å²) < 4.78 is 6.00. The Hall–Kier alpha value is -0.940. The lowest BCUT2D eigenvalue weighted by Gasteiger charge is -2.42. The molecule has 0 radical (unpaired) electrons. The fourth-order valence-corrected chi connectivity index (χ4v) is 2.46. The van der Waals surface area contributed by atoms with E-state index >= 15 is 0 Å². The minimum atomic E-state index is -0.131. The standard InChI is InChI=1S/C11H20N4O/c1-4-11(5-2)10(12-6-7-16-11)9-8-13-15(3)14-9/h8,10,12H,4-7H2,1-3H3. The molecule has 1 aromatic rings. The van der Waals surface area contributed by atoms with Crippen LogP contribution in [0.25, 0.3) is 0 Å². The fourth-order valence-electron chi connectivity index (χ4n) is 2.46. The molecule has 5 heteroatoms. The lowest BCUT2D eigenvalue weighted by Crippen LogP contribution is -2.51. The Morgan fingerprint density at radius 1 is 1.56 bits per heavy atom. The van der Waals surface area contributed by atoms with Crippen molar-refractivity contribution < 1.29 is 4.74 Å². The van der Waals surface area contributed by atoms with Crippen molar-refractivity contribution in [2.24, 2.45) is 7.05 Å². The van der Waals surface area contributed by atoms with Crippen molar-refractivity contribution in [3.8, 4) is 0 Å². The van der Waals surface area contributed by atoms with Gasteiger partial charge in [0.15, 0.2) is 0 Å². The van der Waals surface area contributed by atoms with E-state index in [0.29, 0.717) is 0 Å². The van der Waals surface area contributed by atoms with Crippen molar-refractivity contribution in [1.29, 1.82) is 0 Å². The lowest BCUT2D eigenvalue weighted by molar-refractivity contribution is -0.104. The van der Waals surface area contributed by atoms with Crippen molar-refractivity contribution in [3.63, 3.8) is 0 Å². The van der Waals surface area contributed by atoms with Gasteiger partial charge in [-0.05, 0) is 12.8 Å². The van der Waals surface area contributed by atoms with E-state index in [4.69, 9.17) is 4.74 Å². The molecule has 0 bridgehead atoms. The number of aryl methyl sites for hydroxylation is 1. The predicted molar refractivity (Wildman–Crippen MR) is 61.0 cm³/mol. The summed E-state index contributed by atoms with van der Waals surface area (Å²) in [7, 11) is 1.84. The van der Waals surface area contributed by atoms with Crippen LogP contribution < -0.4 is 5.32 Å². The third kappa shape index (κ3) is 1.85. The summed E-state index contributed by atoms with van der Waals surface area (Å²) in [5.74, 6) is 0. The average Bonchev–Trinajstić information content (AvgIpc) is 2.75. The van der Waals surface area contributed by atoms with Crippen molar-refractivity contribution >= 4 is 0 Å². The quantitative estimate of drug-likeness (QED) is 0.833. The van der Waals surface area contributed by atoms with Crippen molar-refractivity contribution in [3.05, 3.63) is 11.9 Å². The van der Waals surface area contributed by atoms with Crippen LogP contribution in [0.15, 0.2) is 6.20 Å². The van der Waals surface area contributed by atoms with Gasteiger partial charge in [-0.25, -0.2) is 0 Å². The van der Waals surface area contributed by atoms with Crippen LogP contribution in [0.1, 0.15) is 38.4 Å². The van der Waals surface area contributed by atoms with Gasteiger partial charge in [-0.1, -0.05) is 13.8 Å². The Kier molecular flexibility index (Phi) is 3.25. The van der Waals surface area contributed by atoms with Crippen molar-refractivity contribution in [2.45, 2.75) is 38.3 Å². The van der Waals surface area contributed by atoms with E-state index < -0.39 is 0 Å². The second kappa shape index (κ2) is 4.51. The molecular weight excluding hydrogens is 204 g/mol. The maximum absolute atomic E-state index is 6.00. The third-order valence-electron chi connectivity index (χ3n) is 3.48. The second-order valence-corrected chi connectivity index (χ2v) is 4.27. The first kappa shape index (κ1) is 11.5. The highest BCUT2D eigenvalue weighted by atomic mass is 16.5. The van der Waals surface area contributed by atoms with Gasteiger partial charge in [-0.2, -0.15) is 15.0 Å². The minimum Gasteiger partial charge on any atom is -0.372 e. The zero-order valence-electron chi connectivity index (χ0n) is 10.2. The smallest absolute Gasteiger partial charge is 0.103 e. The summed E-state index contributed by atoms with van der Waals surface area (Å²) in [6, 6.07) is 0.157. The van der Waals surface area contributed by atoms with E-state index in [1.165, 1.54) is 0 Å². The number of rotatable bonds is 3. The summed E-state index contributed by atoms with van der Waals surface area (Å²) in [6.45, 7) is 5.99. The minimum absolute atomic E-state index is 0.131. The molecule has 0 aliphatic carbocycles. The molecule has 5 nitrogen and oxygen atoms in total. The van der Waals surface area contributed by atoms with E-state index in [-0.39, 0.29) is 11.6 Å². The van der Waals surface area contributed by atoms with Gasteiger partial charge in [0.05, 0.1) is 24.4 Å². The largest absolute Gasteiger partial charge is 0.372 e. The molecule has 0 spiro atoms. The molecule has 2 heterocycles. The van der Waals surface area contributed by atoms with Gasteiger partial charge in [0, 0.05) is 13.6 Å². The van der Waals surface area contributed by atoms with Crippen LogP contribution in [0.2, 0.25) is 0 Å². The van der Waals surface area contributed by atoms with Crippen LogP contribution >= 0.6 is 0 Å². The number of ether oxygens (including phenoxy) is 1. The van der Waals surface area contributed by atoms with Gasteiger partial charge in [0.25, 0.3) is 0 Å². The number of morpholine rings is 1. The molecule has 90 valence electrons. The number of nitrogens with zero attached hydrogens (tertiary/aromatic N) is 3. The van der Waals surface area contributed by atoms with E-state index in [0.717, 1.165) is 31.7 Å². The Balaban J connectivity index is 2.29. The van der Waals surface area contributed by atoms with E-state index in [1.807, 2.05) is 13.2 Å². The molecule has 1 saturated heterocycles. The fraction of sp³-hybridized carbons (Fsp3) is 0.818. The van der Waals surface area contributed by atoms with Gasteiger partial charge in [0.2, 0.25) is 0 Å². The Morgan fingerprint density at radius 2 is 2.31 bits per heavy atom. The average molecular weight is 224 g/mol. The molecule has 2 rings (SSSR count). The topological polar surface area (TPSA) is 52.0 Å². The second-order valence-electron chi connectivity index (χ2n) is 4.27. The molecular formula is C11H20N4O. The van der Waals surface area contributed by atoms with Gasteiger partial charge in [-0.3, -0.25) is 0 Å². The van der Waals surface area contributed by atoms with E-state index in [1.54, 1.807) is 4.80 Å². The number of nitrogens with one attached hydrogen (secondary N) is 1. The van der Waals surface area contributed by atoms with Gasteiger partial charge >= 0.3 is 0 Å². The molecule has 1 aromatic heterocycles. The van der Waals surface area contributed by atoms with Crippen LogP contribution in [0, 0.1) is 0 Å². The Morgan fingerprint density at radius 3 is 2.88 bits per heavy atom. The first-order valence-corrected chi connectivity index (χ1v) is 5.95. The van der Waals surface area contributed by atoms with Crippen LogP contribution in [-0.2, 0) is 11.8 Å². The lowest BCUT2D eigenvalue weighted by atomic mass is 9.85. The number of hydrogen-bond acceptors (Lipinski definition) is 4. The zero-order valence-corrected chi connectivity index (χ0v) is 10.2. The van der Waals surface area contributed by atoms with Crippen LogP contribution in [0.5, 0.6) is 0 Å². The monoisotopic (exact) mass is 224 g/mol. The third-order valence-corrected chi connectivity index (χ3v) is 3.48. The Bertz CT molecular complexity index is 346. The molecule has 1 N–H and O–H groups in total. The normalized spacial score (nSPS) is 24.6. The summed E-state index contributed by atoms with van der Waals surface area (Å²) >= 11 is 0. The number of hydrogen-bond donors (Lipinski definition) is 1. The summed E-state index contributed by atoms with van der Waals surface area (Å²) in [5, 5.41) is 12.0. The first-order chi connectivity index (χ1) is 7.72.